The fraction of sp³-hybridized carbons (Fsp3) is 0.538. The molecule has 36 heavy (non-hydrogen) atoms. The number of aryl methyl sites for hydroxylation is 1. The van der Waals surface area contributed by atoms with Crippen molar-refractivity contribution in [3.05, 3.63) is 41.8 Å². The van der Waals surface area contributed by atoms with E-state index in [2.05, 4.69) is 32.5 Å². The van der Waals surface area contributed by atoms with Crippen molar-refractivity contribution in [2.75, 3.05) is 43.9 Å². The second kappa shape index (κ2) is 13.7. The van der Waals surface area contributed by atoms with Crippen LogP contribution in [0.15, 0.2) is 30.5 Å². The van der Waals surface area contributed by atoms with Crippen LogP contribution >= 0.6 is 0 Å². The molecule has 2 heterocycles. The van der Waals surface area contributed by atoms with Crippen LogP contribution in [0.2, 0.25) is 0 Å². The molecule has 1 aliphatic rings. The van der Waals surface area contributed by atoms with Crippen molar-refractivity contribution >= 4 is 29.3 Å². The zero-order valence-corrected chi connectivity index (χ0v) is 21.3. The van der Waals surface area contributed by atoms with Gasteiger partial charge in [-0.2, -0.15) is 4.98 Å². The molecular weight excluding hydrogens is 461 g/mol. The van der Waals surface area contributed by atoms with Crippen LogP contribution in [0.5, 0.6) is 0 Å². The van der Waals surface area contributed by atoms with Gasteiger partial charge in [-0.3, -0.25) is 9.59 Å². The van der Waals surface area contributed by atoms with E-state index in [0.29, 0.717) is 12.8 Å². The molecule has 1 unspecified atom stereocenters. The van der Waals surface area contributed by atoms with E-state index in [9.17, 15) is 14.0 Å². The topological polar surface area (TPSA) is 116 Å². The van der Waals surface area contributed by atoms with Gasteiger partial charge in [-0.25, -0.2) is 9.37 Å². The number of rotatable bonds is 13. The van der Waals surface area contributed by atoms with Gasteiger partial charge in [0.05, 0.1) is 6.20 Å². The summed E-state index contributed by atoms with van der Waals surface area (Å²) in [5.74, 6) is -0.519. The summed E-state index contributed by atoms with van der Waals surface area (Å²) >= 11 is 0. The number of aromatic nitrogens is 2. The lowest BCUT2D eigenvalue weighted by atomic mass is 10.1. The highest BCUT2D eigenvalue weighted by molar-refractivity contribution is 5.76. The molecule has 9 nitrogen and oxygen atoms in total. The maximum absolute atomic E-state index is 14.3. The molecule has 1 aromatic carbocycles. The van der Waals surface area contributed by atoms with Crippen molar-refractivity contribution in [1.29, 1.82) is 0 Å². The van der Waals surface area contributed by atoms with E-state index < -0.39 is 11.7 Å². The first kappa shape index (κ1) is 27.3. The predicted molar refractivity (Wildman–Crippen MR) is 139 cm³/mol. The Morgan fingerprint density at radius 1 is 1.14 bits per heavy atom. The number of carbonyl (C=O) groups excluding carboxylic acids is 2. The van der Waals surface area contributed by atoms with Gasteiger partial charge in [0.25, 0.3) is 0 Å². The Bertz CT molecular complexity index is 994. The quantitative estimate of drug-likeness (QED) is 0.387. The van der Waals surface area contributed by atoms with Crippen molar-refractivity contribution in [3.8, 4) is 0 Å². The molecule has 4 N–H and O–H groups in total. The Morgan fingerprint density at radius 3 is 2.53 bits per heavy atom. The van der Waals surface area contributed by atoms with Gasteiger partial charge in [-0.15, -0.1) is 0 Å². The number of nitrogens with one attached hydrogen (secondary N) is 2. The van der Waals surface area contributed by atoms with Gasteiger partial charge >= 0.3 is 0 Å². The second-order valence-corrected chi connectivity index (χ2v) is 9.40. The molecule has 0 saturated carbocycles. The number of halogens is 1. The monoisotopic (exact) mass is 499 g/mol. The average molecular weight is 500 g/mol. The number of anilines is 3. The molecule has 3 rings (SSSR count). The maximum atomic E-state index is 14.3. The number of benzene rings is 1. The highest BCUT2D eigenvalue weighted by atomic mass is 19.1. The summed E-state index contributed by atoms with van der Waals surface area (Å²) in [7, 11) is 2.08. The minimum Gasteiger partial charge on any atom is -0.370 e. The molecule has 1 saturated heterocycles. The molecular formula is C26H38FN7O2. The third kappa shape index (κ3) is 8.75. The molecule has 0 aliphatic carbocycles. The number of primary amides is 1. The summed E-state index contributed by atoms with van der Waals surface area (Å²) in [6, 6.07) is 7.53. The standard InChI is InChI=1S/C26H38FN7O2/c1-3-4-7-21(17-23(28)35)30-25-22(27)18-29-26(32-25)31-20-11-9-19(10-12-20)6-5-8-24(36)34-15-13-33(2)14-16-34/h9-12,18,21H,3-8,13-17H2,1-2H3,(H2,28,35)(H2,29,30,31,32). The third-order valence-electron chi connectivity index (χ3n) is 6.36. The van der Waals surface area contributed by atoms with Crippen LogP contribution in [0.25, 0.3) is 0 Å². The Morgan fingerprint density at radius 2 is 1.86 bits per heavy atom. The van der Waals surface area contributed by atoms with Crippen LogP contribution in [0, 0.1) is 5.82 Å². The van der Waals surface area contributed by atoms with Crippen molar-refractivity contribution in [2.45, 2.75) is 57.9 Å². The average Bonchev–Trinajstić information content (AvgIpc) is 2.85. The molecule has 2 aromatic rings. The molecule has 1 atom stereocenters. The highest BCUT2D eigenvalue weighted by Gasteiger charge is 2.18. The Kier molecular flexibility index (Phi) is 10.4. The molecule has 0 radical (unpaired) electrons. The van der Waals surface area contributed by atoms with Gasteiger partial charge in [0.15, 0.2) is 11.6 Å². The zero-order chi connectivity index (χ0) is 25.9. The summed E-state index contributed by atoms with van der Waals surface area (Å²) in [5, 5.41) is 6.10. The van der Waals surface area contributed by atoms with Crippen molar-refractivity contribution in [1.82, 2.24) is 19.8 Å². The molecule has 1 aromatic heterocycles. The predicted octanol–water partition coefficient (Wildman–Crippen LogP) is 3.30. The van der Waals surface area contributed by atoms with E-state index in [-0.39, 0.29) is 30.1 Å². The Hall–Kier alpha value is -3.27. The fourth-order valence-corrected chi connectivity index (χ4v) is 4.18. The Labute approximate surface area is 212 Å². The summed E-state index contributed by atoms with van der Waals surface area (Å²) in [6.07, 6.45) is 5.92. The first-order valence-electron chi connectivity index (χ1n) is 12.7. The van der Waals surface area contributed by atoms with Gasteiger partial charge in [0, 0.05) is 50.7 Å². The lowest BCUT2D eigenvalue weighted by molar-refractivity contribution is -0.132. The fourth-order valence-electron chi connectivity index (χ4n) is 4.18. The lowest BCUT2D eigenvalue weighted by Crippen LogP contribution is -2.47. The molecule has 2 amide bonds. The van der Waals surface area contributed by atoms with Crippen LogP contribution in [0.1, 0.15) is 51.0 Å². The Balaban J connectivity index is 1.51. The number of piperazine rings is 1. The first-order valence-corrected chi connectivity index (χ1v) is 12.7. The molecule has 1 aliphatic heterocycles. The molecule has 0 spiro atoms. The van der Waals surface area contributed by atoms with Crippen molar-refractivity contribution < 1.29 is 14.0 Å². The molecule has 196 valence electrons. The number of likely N-dealkylation sites (N-methyl/N-ethyl adjacent to an activating group) is 1. The number of hydrogen-bond acceptors (Lipinski definition) is 7. The summed E-state index contributed by atoms with van der Waals surface area (Å²) in [6.45, 7) is 5.53. The molecule has 0 bridgehead atoms. The van der Waals surface area contributed by atoms with Gasteiger partial charge in [-0.1, -0.05) is 31.9 Å². The normalized spacial score (nSPS) is 14.9. The highest BCUT2D eigenvalue weighted by Crippen LogP contribution is 2.20. The van der Waals surface area contributed by atoms with Crippen molar-refractivity contribution in [2.24, 2.45) is 5.73 Å². The van der Waals surface area contributed by atoms with E-state index in [4.69, 9.17) is 5.73 Å². The maximum Gasteiger partial charge on any atom is 0.229 e. The second-order valence-electron chi connectivity index (χ2n) is 9.40. The number of hydrogen-bond donors (Lipinski definition) is 3. The first-order chi connectivity index (χ1) is 17.3. The third-order valence-corrected chi connectivity index (χ3v) is 6.36. The largest absolute Gasteiger partial charge is 0.370 e. The molecule has 10 heteroatoms. The van der Waals surface area contributed by atoms with E-state index >= 15 is 0 Å². The summed E-state index contributed by atoms with van der Waals surface area (Å²) in [4.78, 5) is 36.3. The van der Waals surface area contributed by atoms with Crippen LogP contribution in [0.4, 0.5) is 21.8 Å². The summed E-state index contributed by atoms with van der Waals surface area (Å²) < 4.78 is 14.3. The number of nitrogens with zero attached hydrogens (tertiary/aromatic N) is 4. The summed E-state index contributed by atoms with van der Waals surface area (Å²) in [5.41, 5.74) is 7.25. The van der Waals surface area contributed by atoms with Crippen LogP contribution in [0.3, 0.4) is 0 Å². The minimum absolute atomic E-state index is 0.0384. The van der Waals surface area contributed by atoms with Gasteiger partial charge in [0.2, 0.25) is 17.8 Å². The number of carbonyl (C=O) groups is 2. The smallest absolute Gasteiger partial charge is 0.229 e. The zero-order valence-electron chi connectivity index (χ0n) is 21.3. The van der Waals surface area contributed by atoms with Crippen LogP contribution in [-0.2, 0) is 16.0 Å². The molecule has 1 fully saturated rings. The van der Waals surface area contributed by atoms with Gasteiger partial charge in [0.1, 0.15) is 0 Å². The van der Waals surface area contributed by atoms with Gasteiger partial charge < -0.3 is 26.2 Å². The van der Waals surface area contributed by atoms with Crippen LogP contribution < -0.4 is 16.4 Å². The number of nitrogens with two attached hydrogens (primary N) is 1. The van der Waals surface area contributed by atoms with E-state index in [1.54, 1.807) is 0 Å². The number of amides is 2. The van der Waals surface area contributed by atoms with E-state index in [1.165, 1.54) is 0 Å². The van der Waals surface area contributed by atoms with E-state index in [1.807, 2.05) is 36.1 Å². The van der Waals surface area contributed by atoms with Gasteiger partial charge in [-0.05, 0) is 44.0 Å². The number of unbranched alkanes of at least 4 members (excludes halogenated alkanes) is 1. The van der Waals surface area contributed by atoms with Crippen LogP contribution in [-0.4, -0.2) is 70.9 Å². The van der Waals surface area contributed by atoms with E-state index in [0.717, 1.165) is 69.3 Å². The van der Waals surface area contributed by atoms with Crippen molar-refractivity contribution in [3.63, 3.8) is 0 Å². The minimum atomic E-state index is -0.590. The SMILES string of the molecule is CCCCC(CC(N)=O)Nc1nc(Nc2ccc(CCCC(=O)N3CCN(C)CC3)cc2)ncc1F. The lowest BCUT2D eigenvalue weighted by Gasteiger charge is -2.32.